The Morgan fingerprint density at radius 2 is 1.84 bits per heavy atom. The average molecular weight is 451 g/mol. The number of anilines is 1. The highest BCUT2D eigenvalue weighted by Crippen LogP contribution is 2.54. The quantitative estimate of drug-likeness (QED) is 0.469. The monoisotopic (exact) mass is 451 g/mol. The Hall–Kier alpha value is -3.27. The summed E-state index contributed by atoms with van der Waals surface area (Å²) in [7, 11) is 0. The lowest BCUT2D eigenvalue weighted by Crippen LogP contribution is -2.54. The van der Waals surface area contributed by atoms with Crippen molar-refractivity contribution in [2.24, 2.45) is 0 Å². The molecule has 0 fully saturated rings. The van der Waals surface area contributed by atoms with Crippen LogP contribution in [-0.4, -0.2) is 32.0 Å². The number of hydrogen-bond donors (Lipinski definition) is 3. The van der Waals surface area contributed by atoms with E-state index in [1.165, 1.54) is 32.2 Å². The molecule has 0 unspecified atom stereocenters. The molecule has 0 bridgehead atoms. The first-order chi connectivity index (χ1) is 15.0. The van der Waals surface area contributed by atoms with Crippen LogP contribution in [0.25, 0.3) is 16.5 Å². The summed E-state index contributed by atoms with van der Waals surface area (Å²) in [5, 5.41) is 23.9. The molecule has 10 heteroatoms. The summed E-state index contributed by atoms with van der Waals surface area (Å²) in [6.45, 7) is 2.97. The number of alkyl halides is 3. The molecule has 2 atom stereocenters. The van der Waals surface area contributed by atoms with Crippen molar-refractivity contribution in [2.45, 2.75) is 38.1 Å². The molecular formula is C22H18F5N3O2. The lowest BCUT2D eigenvalue weighted by Gasteiger charge is -2.44. The second kappa shape index (κ2) is 7.40. The number of aromatic nitrogens is 2. The van der Waals surface area contributed by atoms with Gasteiger partial charge in [0, 0.05) is 29.3 Å². The lowest BCUT2D eigenvalue weighted by molar-refractivity contribution is -0.265. The van der Waals surface area contributed by atoms with E-state index in [1.54, 1.807) is 0 Å². The maximum Gasteiger partial charge on any atom is 0.419 e. The fourth-order valence-electron chi connectivity index (χ4n) is 4.06. The van der Waals surface area contributed by atoms with E-state index in [-0.39, 0.29) is 39.1 Å². The van der Waals surface area contributed by atoms with E-state index in [0.29, 0.717) is 0 Å². The second-order valence-electron chi connectivity index (χ2n) is 7.62. The van der Waals surface area contributed by atoms with Gasteiger partial charge in [0.25, 0.3) is 0 Å². The van der Waals surface area contributed by atoms with Gasteiger partial charge >= 0.3 is 6.18 Å². The van der Waals surface area contributed by atoms with Crippen LogP contribution < -0.4 is 5.32 Å². The van der Waals surface area contributed by atoms with Crippen molar-refractivity contribution in [3.05, 3.63) is 65.1 Å². The molecule has 4 rings (SSSR count). The molecule has 0 aliphatic heterocycles. The van der Waals surface area contributed by atoms with Crippen molar-refractivity contribution in [1.82, 2.24) is 9.97 Å². The number of nitrogens with zero attached hydrogens (tertiary/aromatic N) is 2. The van der Waals surface area contributed by atoms with Gasteiger partial charge in [-0.2, -0.15) is 13.2 Å². The fraction of sp³-hybridized carbons (Fsp3) is 0.273. The Balaban J connectivity index is 1.96. The van der Waals surface area contributed by atoms with Crippen molar-refractivity contribution < 1.29 is 32.2 Å². The van der Waals surface area contributed by atoms with Crippen molar-refractivity contribution >= 4 is 22.2 Å². The molecule has 5 nitrogen and oxygen atoms in total. The van der Waals surface area contributed by atoms with Crippen LogP contribution in [0.4, 0.5) is 27.6 Å². The van der Waals surface area contributed by atoms with Gasteiger partial charge in [0.2, 0.25) is 0 Å². The molecule has 0 amide bonds. The van der Waals surface area contributed by atoms with Crippen LogP contribution in [0, 0.1) is 18.6 Å². The number of phenols is 1. The van der Waals surface area contributed by atoms with E-state index in [9.17, 15) is 32.2 Å². The van der Waals surface area contributed by atoms with Crippen LogP contribution in [0.5, 0.6) is 5.75 Å². The van der Waals surface area contributed by atoms with Gasteiger partial charge in [-0.1, -0.05) is 12.1 Å². The van der Waals surface area contributed by atoms with Gasteiger partial charge in [-0.25, -0.2) is 18.7 Å². The van der Waals surface area contributed by atoms with E-state index < -0.39 is 41.6 Å². The molecule has 3 N–H and O–H groups in total. The molecule has 168 valence electrons. The number of phenolic OH excluding ortho intramolecular Hbond substituents is 1. The maximum absolute atomic E-state index is 14.3. The van der Waals surface area contributed by atoms with Gasteiger partial charge in [0.1, 0.15) is 17.2 Å². The molecule has 1 aliphatic carbocycles. The first-order valence-corrected chi connectivity index (χ1v) is 9.62. The third-order valence-corrected chi connectivity index (χ3v) is 5.69. The SMILES string of the molecule is CC=C1C[C@](O)(C(F)(F)F)[C@H](Nc2ccc(F)c3nc(C)ncc23)c2ccc(F)c(O)c21. The summed E-state index contributed by atoms with van der Waals surface area (Å²) in [6, 6.07) is 2.30. The first kappa shape index (κ1) is 21.9. The molecular weight excluding hydrogens is 433 g/mol. The predicted molar refractivity (Wildman–Crippen MR) is 108 cm³/mol. The predicted octanol–water partition coefficient (Wildman–Crippen LogP) is 5.18. The second-order valence-corrected chi connectivity index (χ2v) is 7.62. The minimum Gasteiger partial charge on any atom is -0.504 e. The molecule has 3 aromatic rings. The van der Waals surface area contributed by atoms with Crippen LogP contribution in [-0.2, 0) is 0 Å². The molecule has 0 radical (unpaired) electrons. The molecule has 1 aromatic heterocycles. The highest BCUT2D eigenvalue weighted by molar-refractivity contribution is 5.91. The van der Waals surface area contributed by atoms with Gasteiger partial charge < -0.3 is 15.5 Å². The maximum atomic E-state index is 14.3. The number of nitrogens with one attached hydrogen (secondary N) is 1. The van der Waals surface area contributed by atoms with Gasteiger partial charge in [0.15, 0.2) is 17.2 Å². The standard InChI is InChI=1S/C22H18F5N3O2/c1-3-11-8-21(32,22(25,26)27)20(12-4-5-15(24)19(31)17(11)12)30-16-7-6-14(23)18-13(16)9-28-10(2)29-18/h3-7,9,20,30-32H,8H2,1-2H3/t20-,21-/m1/s1. The van der Waals surface area contributed by atoms with Gasteiger partial charge in [-0.15, -0.1) is 0 Å². The van der Waals surface area contributed by atoms with Crippen LogP contribution in [0.2, 0.25) is 0 Å². The summed E-state index contributed by atoms with van der Waals surface area (Å²) in [6.07, 6.45) is -3.47. The van der Waals surface area contributed by atoms with Crippen LogP contribution >= 0.6 is 0 Å². The number of rotatable bonds is 2. The summed E-state index contributed by atoms with van der Waals surface area (Å²) in [5.74, 6) is -2.24. The van der Waals surface area contributed by atoms with Crippen molar-refractivity contribution in [1.29, 1.82) is 0 Å². The number of fused-ring (bicyclic) bond motifs is 2. The zero-order valence-electron chi connectivity index (χ0n) is 16.9. The fourth-order valence-corrected chi connectivity index (χ4v) is 4.06. The Kier molecular flexibility index (Phi) is 5.08. The van der Waals surface area contributed by atoms with E-state index in [4.69, 9.17) is 0 Å². The molecule has 0 saturated carbocycles. The number of aliphatic hydroxyl groups is 1. The smallest absolute Gasteiger partial charge is 0.419 e. The van der Waals surface area contributed by atoms with Crippen LogP contribution in [0.1, 0.15) is 36.3 Å². The zero-order chi connectivity index (χ0) is 23.4. The summed E-state index contributed by atoms with van der Waals surface area (Å²) in [4.78, 5) is 7.98. The van der Waals surface area contributed by atoms with Crippen LogP contribution in [0.15, 0.2) is 36.5 Å². The van der Waals surface area contributed by atoms with Crippen LogP contribution in [0.3, 0.4) is 0 Å². The van der Waals surface area contributed by atoms with Gasteiger partial charge in [0.05, 0.1) is 6.04 Å². The average Bonchev–Trinajstić information content (AvgIpc) is 2.73. The van der Waals surface area contributed by atoms with Crippen molar-refractivity contribution in [3.63, 3.8) is 0 Å². The summed E-state index contributed by atoms with van der Waals surface area (Å²) in [5.41, 5.74) is -3.72. The summed E-state index contributed by atoms with van der Waals surface area (Å²) >= 11 is 0. The van der Waals surface area contributed by atoms with E-state index in [2.05, 4.69) is 15.3 Å². The Morgan fingerprint density at radius 3 is 2.50 bits per heavy atom. The van der Waals surface area contributed by atoms with E-state index >= 15 is 0 Å². The largest absolute Gasteiger partial charge is 0.504 e. The number of hydrogen-bond acceptors (Lipinski definition) is 5. The molecule has 0 saturated heterocycles. The normalized spacial score (nSPS) is 22.2. The van der Waals surface area contributed by atoms with Gasteiger partial charge in [-0.3, -0.25) is 0 Å². The minimum absolute atomic E-state index is 0.0350. The van der Waals surface area contributed by atoms with E-state index in [1.807, 2.05) is 0 Å². The number of halogens is 5. The third kappa shape index (κ3) is 3.26. The molecule has 32 heavy (non-hydrogen) atoms. The minimum atomic E-state index is -5.09. The Bertz CT molecular complexity index is 1260. The van der Waals surface area contributed by atoms with Crippen molar-refractivity contribution in [3.8, 4) is 5.75 Å². The molecule has 1 heterocycles. The summed E-state index contributed by atoms with van der Waals surface area (Å²) < 4.78 is 70.8. The number of benzene rings is 2. The van der Waals surface area contributed by atoms with Gasteiger partial charge in [-0.05, 0) is 43.2 Å². The first-order valence-electron chi connectivity index (χ1n) is 9.62. The Morgan fingerprint density at radius 1 is 1.16 bits per heavy atom. The zero-order valence-corrected chi connectivity index (χ0v) is 16.9. The highest BCUT2D eigenvalue weighted by atomic mass is 19.4. The third-order valence-electron chi connectivity index (χ3n) is 5.69. The Labute approximate surface area is 179 Å². The molecule has 2 aromatic carbocycles. The van der Waals surface area contributed by atoms with E-state index in [0.717, 1.165) is 18.2 Å². The number of aromatic hydroxyl groups is 1. The van der Waals surface area contributed by atoms with Crippen molar-refractivity contribution in [2.75, 3.05) is 5.32 Å². The lowest BCUT2D eigenvalue weighted by atomic mass is 9.72. The highest BCUT2D eigenvalue weighted by Gasteiger charge is 2.62. The number of aryl methyl sites for hydroxylation is 1. The molecule has 1 aliphatic rings. The number of allylic oxidation sites excluding steroid dienone is 1. The molecule has 0 spiro atoms. The topological polar surface area (TPSA) is 78.3 Å².